The van der Waals surface area contributed by atoms with Crippen LogP contribution in [-0.2, 0) is 6.61 Å². The summed E-state index contributed by atoms with van der Waals surface area (Å²) in [5.74, 6) is 0.959. The number of nitrogens with one attached hydrogen (secondary N) is 1. The third-order valence-corrected chi connectivity index (χ3v) is 4.64. The Bertz CT molecular complexity index is 909. The van der Waals surface area contributed by atoms with E-state index < -0.39 is 0 Å². The van der Waals surface area contributed by atoms with E-state index in [0.717, 1.165) is 10.7 Å². The summed E-state index contributed by atoms with van der Waals surface area (Å²) < 4.78 is 10.9. The van der Waals surface area contributed by atoms with Gasteiger partial charge in [-0.3, -0.25) is 4.79 Å². The molecule has 0 bridgehead atoms. The van der Waals surface area contributed by atoms with Crippen LogP contribution in [0.2, 0.25) is 5.02 Å². The van der Waals surface area contributed by atoms with E-state index in [-0.39, 0.29) is 5.91 Å². The number of rotatable bonds is 6. The first-order chi connectivity index (χ1) is 12.5. The van der Waals surface area contributed by atoms with Crippen LogP contribution in [0.15, 0.2) is 47.8 Å². The molecule has 1 N–H and O–H groups in total. The number of aromatic nitrogens is 1. The molecule has 1 heterocycles. The predicted molar refractivity (Wildman–Crippen MR) is 104 cm³/mol. The average molecular weight is 389 g/mol. The highest BCUT2D eigenvalue weighted by Gasteiger charge is 2.11. The summed E-state index contributed by atoms with van der Waals surface area (Å²) in [5.41, 5.74) is 1.91. The van der Waals surface area contributed by atoms with Crippen LogP contribution in [0.3, 0.4) is 0 Å². The van der Waals surface area contributed by atoms with Gasteiger partial charge in [-0.2, -0.15) is 0 Å². The number of nitrogens with zero attached hydrogens (tertiary/aromatic N) is 1. The third kappa shape index (κ3) is 4.53. The van der Waals surface area contributed by atoms with E-state index >= 15 is 0 Å². The third-order valence-electron chi connectivity index (χ3n) is 3.58. The first-order valence-electron chi connectivity index (χ1n) is 7.84. The molecule has 26 heavy (non-hydrogen) atoms. The van der Waals surface area contributed by atoms with E-state index in [2.05, 4.69) is 10.3 Å². The molecule has 134 valence electrons. The van der Waals surface area contributed by atoms with Crippen LogP contribution in [0.25, 0.3) is 0 Å². The van der Waals surface area contributed by atoms with E-state index in [0.29, 0.717) is 34.4 Å². The van der Waals surface area contributed by atoms with Crippen LogP contribution in [0, 0.1) is 6.92 Å². The number of carbonyl (C=O) groups is 1. The molecule has 0 radical (unpaired) electrons. The van der Waals surface area contributed by atoms with E-state index in [9.17, 15) is 4.79 Å². The first kappa shape index (κ1) is 18.2. The second-order valence-electron chi connectivity index (χ2n) is 5.47. The van der Waals surface area contributed by atoms with E-state index in [4.69, 9.17) is 21.1 Å². The predicted octanol–water partition coefficient (Wildman–Crippen LogP) is 4.94. The summed E-state index contributed by atoms with van der Waals surface area (Å²) in [4.78, 5) is 16.8. The van der Waals surface area contributed by atoms with Gasteiger partial charge in [0.1, 0.15) is 18.1 Å². The molecule has 3 aromatic rings. The number of anilines is 1. The molecule has 7 heteroatoms. The SMILES string of the molecule is COc1ccc(Cl)cc1NC(=O)c1ccc(OCc2csc(C)n2)cc1. The summed E-state index contributed by atoms with van der Waals surface area (Å²) in [6, 6.07) is 12.0. The number of carbonyl (C=O) groups excluding carboxylic acids is 1. The fourth-order valence-electron chi connectivity index (χ4n) is 2.31. The molecule has 0 saturated carbocycles. The number of halogens is 1. The quantitative estimate of drug-likeness (QED) is 0.649. The van der Waals surface area contributed by atoms with Crippen LogP contribution in [0.5, 0.6) is 11.5 Å². The Balaban J connectivity index is 1.64. The zero-order valence-corrected chi connectivity index (χ0v) is 15.9. The molecule has 0 spiro atoms. The van der Waals surface area contributed by atoms with Crippen molar-refractivity contribution < 1.29 is 14.3 Å². The normalized spacial score (nSPS) is 10.4. The van der Waals surface area contributed by atoms with Gasteiger partial charge in [-0.1, -0.05) is 11.6 Å². The molecule has 1 aromatic heterocycles. The Hall–Kier alpha value is -2.57. The van der Waals surface area contributed by atoms with Gasteiger partial charge < -0.3 is 14.8 Å². The van der Waals surface area contributed by atoms with Gasteiger partial charge >= 0.3 is 0 Å². The topological polar surface area (TPSA) is 60.5 Å². The molecule has 0 unspecified atom stereocenters. The number of hydrogen-bond donors (Lipinski definition) is 1. The number of benzene rings is 2. The van der Waals surface area contributed by atoms with Crippen molar-refractivity contribution in [3.8, 4) is 11.5 Å². The van der Waals surface area contributed by atoms with Crippen molar-refractivity contribution in [2.75, 3.05) is 12.4 Å². The summed E-state index contributed by atoms with van der Waals surface area (Å²) in [6.07, 6.45) is 0. The van der Waals surface area contributed by atoms with Crippen molar-refractivity contribution in [2.45, 2.75) is 13.5 Å². The summed E-state index contributed by atoms with van der Waals surface area (Å²) in [6.45, 7) is 2.35. The molecule has 0 atom stereocenters. The van der Waals surface area contributed by atoms with E-state index in [1.165, 1.54) is 7.11 Å². The minimum Gasteiger partial charge on any atom is -0.495 e. The van der Waals surface area contributed by atoms with Crippen LogP contribution in [0.4, 0.5) is 5.69 Å². The zero-order valence-electron chi connectivity index (χ0n) is 14.3. The fraction of sp³-hybridized carbons (Fsp3) is 0.158. The van der Waals surface area contributed by atoms with Crippen molar-refractivity contribution in [1.29, 1.82) is 0 Å². The van der Waals surface area contributed by atoms with Crippen LogP contribution in [-0.4, -0.2) is 18.0 Å². The number of hydrogen-bond acceptors (Lipinski definition) is 5. The number of amides is 1. The van der Waals surface area contributed by atoms with Crippen molar-refractivity contribution in [3.63, 3.8) is 0 Å². The maximum atomic E-state index is 12.4. The minimum absolute atomic E-state index is 0.257. The average Bonchev–Trinajstić information content (AvgIpc) is 3.06. The maximum Gasteiger partial charge on any atom is 0.255 e. The van der Waals surface area contributed by atoms with Gasteiger partial charge in [-0.15, -0.1) is 11.3 Å². The fourth-order valence-corrected chi connectivity index (χ4v) is 3.08. The molecule has 3 rings (SSSR count). The number of ether oxygens (including phenoxy) is 2. The first-order valence-corrected chi connectivity index (χ1v) is 9.09. The lowest BCUT2D eigenvalue weighted by Gasteiger charge is -2.11. The number of thiazole rings is 1. The molecule has 1 amide bonds. The lowest BCUT2D eigenvalue weighted by Crippen LogP contribution is -2.12. The highest BCUT2D eigenvalue weighted by Crippen LogP contribution is 2.28. The lowest BCUT2D eigenvalue weighted by atomic mass is 10.2. The molecule has 0 aliphatic heterocycles. The van der Waals surface area contributed by atoms with Gasteiger partial charge in [-0.05, 0) is 49.4 Å². The van der Waals surface area contributed by atoms with Gasteiger partial charge in [0.15, 0.2) is 0 Å². The highest BCUT2D eigenvalue weighted by molar-refractivity contribution is 7.09. The van der Waals surface area contributed by atoms with Crippen LogP contribution < -0.4 is 14.8 Å². The molecular weight excluding hydrogens is 372 g/mol. The van der Waals surface area contributed by atoms with E-state index in [1.807, 2.05) is 12.3 Å². The summed E-state index contributed by atoms with van der Waals surface area (Å²) in [7, 11) is 1.54. The highest BCUT2D eigenvalue weighted by atomic mass is 35.5. The smallest absolute Gasteiger partial charge is 0.255 e. The van der Waals surface area contributed by atoms with Gasteiger partial charge in [-0.25, -0.2) is 4.98 Å². The Morgan fingerprint density at radius 2 is 2.00 bits per heavy atom. The summed E-state index contributed by atoms with van der Waals surface area (Å²) >= 11 is 7.57. The number of aryl methyl sites for hydroxylation is 1. The second-order valence-corrected chi connectivity index (χ2v) is 6.97. The molecule has 0 aliphatic rings. The molecule has 2 aromatic carbocycles. The summed E-state index contributed by atoms with van der Waals surface area (Å²) in [5, 5.41) is 6.29. The van der Waals surface area contributed by atoms with Crippen molar-refractivity contribution in [3.05, 3.63) is 69.1 Å². The minimum atomic E-state index is -0.257. The van der Waals surface area contributed by atoms with Crippen LogP contribution in [0.1, 0.15) is 21.1 Å². The molecule has 0 fully saturated rings. The Morgan fingerprint density at radius 3 is 2.65 bits per heavy atom. The largest absolute Gasteiger partial charge is 0.495 e. The Labute approximate surface area is 160 Å². The molecule has 0 saturated heterocycles. The van der Waals surface area contributed by atoms with Gasteiger partial charge in [0.25, 0.3) is 5.91 Å². The maximum absolute atomic E-state index is 12.4. The van der Waals surface area contributed by atoms with Crippen molar-refractivity contribution >= 4 is 34.5 Å². The standard InChI is InChI=1S/C19H17ClN2O3S/c1-12-21-15(11-26-12)10-25-16-6-3-13(4-7-16)19(23)22-17-9-14(20)5-8-18(17)24-2/h3-9,11H,10H2,1-2H3,(H,22,23). The molecular formula is C19H17ClN2O3S. The van der Waals surface area contributed by atoms with Gasteiger partial charge in [0.05, 0.1) is 23.5 Å². The van der Waals surface area contributed by atoms with Crippen molar-refractivity contribution in [1.82, 2.24) is 4.98 Å². The molecule has 5 nitrogen and oxygen atoms in total. The second kappa shape index (κ2) is 8.21. The Morgan fingerprint density at radius 1 is 1.23 bits per heavy atom. The van der Waals surface area contributed by atoms with Gasteiger partial charge in [0, 0.05) is 16.0 Å². The van der Waals surface area contributed by atoms with Crippen LogP contribution >= 0.6 is 22.9 Å². The molecule has 0 aliphatic carbocycles. The van der Waals surface area contributed by atoms with Gasteiger partial charge in [0.2, 0.25) is 0 Å². The number of methoxy groups -OCH3 is 1. The zero-order chi connectivity index (χ0) is 18.5. The van der Waals surface area contributed by atoms with E-state index in [1.54, 1.807) is 53.8 Å². The monoisotopic (exact) mass is 388 g/mol. The Kier molecular flexibility index (Phi) is 5.75. The lowest BCUT2D eigenvalue weighted by molar-refractivity contribution is 0.102. The van der Waals surface area contributed by atoms with Crippen molar-refractivity contribution in [2.24, 2.45) is 0 Å².